The van der Waals surface area contributed by atoms with Crippen molar-refractivity contribution in [2.24, 2.45) is 0 Å². The summed E-state index contributed by atoms with van der Waals surface area (Å²) < 4.78 is 0. The summed E-state index contributed by atoms with van der Waals surface area (Å²) in [5, 5.41) is 8.97. The molecular formula is C16H22N2O2. The van der Waals surface area contributed by atoms with Gasteiger partial charge in [0.05, 0.1) is 5.56 Å². The van der Waals surface area contributed by atoms with Crippen molar-refractivity contribution >= 4 is 11.7 Å². The molecular weight excluding hydrogens is 252 g/mol. The van der Waals surface area contributed by atoms with Crippen molar-refractivity contribution < 1.29 is 9.90 Å². The molecule has 3 rings (SSSR count). The lowest BCUT2D eigenvalue weighted by Gasteiger charge is -2.48. The van der Waals surface area contributed by atoms with Crippen molar-refractivity contribution in [3.63, 3.8) is 0 Å². The summed E-state index contributed by atoms with van der Waals surface area (Å²) in [6.45, 7) is 5.68. The SMILES string of the molecule is CC1CN2CCCCC2CN1c1ccc(C(=O)O)cc1. The molecule has 4 nitrogen and oxygen atoms in total. The van der Waals surface area contributed by atoms with Gasteiger partial charge in [0.2, 0.25) is 0 Å². The van der Waals surface area contributed by atoms with Crippen LogP contribution in [0.15, 0.2) is 24.3 Å². The largest absolute Gasteiger partial charge is 0.478 e. The minimum atomic E-state index is -0.860. The molecule has 4 heteroatoms. The zero-order valence-corrected chi connectivity index (χ0v) is 12.0. The van der Waals surface area contributed by atoms with Crippen LogP contribution in [-0.4, -0.2) is 47.7 Å². The number of hydrogen-bond donors (Lipinski definition) is 1. The average molecular weight is 274 g/mol. The van der Waals surface area contributed by atoms with Crippen LogP contribution in [0.1, 0.15) is 36.5 Å². The number of fused-ring (bicyclic) bond motifs is 1. The van der Waals surface area contributed by atoms with Crippen LogP contribution in [0, 0.1) is 0 Å². The molecule has 1 N–H and O–H groups in total. The van der Waals surface area contributed by atoms with E-state index < -0.39 is 5.97 Å². The van der Waals surface area contributed by atoms with E-state index >= 15 is 0 Å². The van der Waals surface area contributed by atoms with Gasteiger partial charge >= 0.3 is 5.97 Å². The van der Waals surface area contributed by atoms with E-state index in [9.17, 15) is 4.79 Å². The molecule has 0 spiro atoms. The number of carbonyl (C=O) groups is 1. The fourth-order valence-corrected chi connectivity index (χ4v) is 3.51. The molecule has 0 aromatic heterocycles. The second kappa shape index (κ2) is 5.44. The van der Waals surface area contributed by atoms with Crippen LogP contribution in [-0.2, 0) is 0 Å². The zero-order valence-electron chi connectivity index (χ0n) is 12.0. The Labute approximate surface area is 120 Å². The molecule has 0 amide bonds. The van der Waals surface area contributed by atoms with Crippen LogP contribution in [0.5, 0.6) is 0 Å². The first-order chi connectivity index (χ1) is 9.65. The molecule has 1 aromatic rings. The van der Waals surface area contributed by atoms with Gasteiger partial charge < -0.3 is 10.0 Å². The number of carboxylic acids is 1. The van der Waals surface area contributed by atoms with Crippen molar-refractivity contribution in [3.8, 4) is 0 Å². The first kappa shape index (κ1) is 13.4. The number of nitrogens with zero attached hydrogens (tertiary/aromatic N) is 2. The van der Waals surface area contributed by atoms with Gasteiger partial charge in [-0.05, 0) is 50.6 Å². The number of anilines is 1. The van der Waals surface area contributed by atoms with Crippen LogP contribution < -0.4 is 4.90 Å². The van der Waals surface area contributed by atoms with E-state index in [0.29, 0.717) is 17.6 Å². The van der Waals surface area contributed by atoms with Gasteiger partial charge in [-0.15, -0.1) is 0 Å². The maximum atomic E-state index is 10.9. The quantitative estimate of drug-likeness (QED) is 0.899. The molecule has 2 aliphatic heterocycles. The van der Waals surface area contributed by atoms with Crippen LogP contribution in [0.3, 0.4) is 0 Å². The van der Waals surface area contributed by atoms with Crippen LogP contribution in [0.4, 0.5) is 5.69 Å². The number of rotatable bonds is 2. The van der Waals surface area contributed by atoms with Crippen LogP contribution in [0.2, 0.25) is 0 Å². The van der Waals surface area contributed by atoms with Gasteiger partial charge in [-0.3, -0.25) is 4.90 Å². The minimum Gasteiger partial charge on any atom is -0.478 e. The topological polar surface area (TPSA) is 43.8 Å². The molecule has 20 heavy (non-hydrogen) atoms. The van der Waals surface area contributed by atoms with Gasteiger partial charge in [-0.2, -0.15) is 0 Å². The molecule has 108 valence electrons. The van der Waals surface area contributed by atoms with Gasteiger partial charge in [0.25, 0.3) is 0 Å². The summed E-state index contributed by atoms with van der Waals surface area (Å²) >= 11 is 0. The van der Waals surface area contributed by atoms with E-state index in [2.05, 4.69) is 16.7 Å². The Kier molecular flexibility index (Phi) is 3.66. The maximum Gasteiger partial charge on any atom is 0.335 e. The predicted octanol–water partition coefficient (Wildman–Crippen LogP) is 2.45. The molecule has 2 fully saturated rings. The Bertz CT molecular complexity index is 486. The molecule has 2 unspecified atom stereocenters. The molecule has 1 aromatic carbocycles. The number of benzene rings is 1. The summed E-state index contributed by atoms with van der Waals surface area (Å²) in [7, 11) is 0. The number of aromatic carboxylic acids is 1. The highest BCUT2D eigenvalue weighted by atomic mass is 16.4. The standard InChI is InChI=1S/C16H22N2O2/c1-12-10-17-9-3-2-4-15(17)11-18(12)14-7-5-13(6-8-14)16(19)20/h5-8,12,15H,2-4,9-11H2,1H3,(H,19,20). The number of piperazine rings is 1. The summed E-state index contributed by atoms with van der Waals surface area (Å²) in [5.41, 5.74) is 1.51. The smallest absolute Gasteiger partial charge is 0.335 e. The number of carboxylic acid groups (broad SMARTS) is 1. The Morgan fingerprint density at radius 1 is 1.20 bits per heavy atom. The summed E-state index contributed by atoms with van der Waals surface area (Å²) in [5.74, 6) is -0.860. The van der Waals surface area contributed by atoms with Gasteiger partial charge in [0, 0.05) is 30.9 Å². The van der Waals surface area contributed by atoms with Crippen LogP contribution >= 0.6 is 0 Å². The van der Waals surface area contributed by atoms with E-state index in [1.165, 1.54) is 25.8 Å². The fourth-order valence-electron chi connectivity index (χ4n) is 3.51. The monoisotopic (exact) mass is 274 g/mol. The van der Waals surface area contributed by atoms with E-state index in [1.807, 2.05) is 12.1 Å². The molecule has 2 atom stereocenters. The van der Waals surface area contributed by atoms with E-state index in [0.717, 1.165) is 18.8 Å². The third kappa shape index (κ3) is 2.52. The Morgan fingerprint density at radius 2 is 1.95 bits per heavy atom. The highest BCUT2D eigenvalue weighted by Crippen LogP contribution is 2.28. The Balaban J connectivity index is 1.77. The van der Waals surface area contributed by atoms with E-state index in [1.54, 1.807) is 12.1 Å². The first-order valence-electron chi connectivity index (χ1n) is 7.49. The lowest BCUT2D eigenvalue weighted by atomic mass is 9.96. The predicted molar refractivity (Wildman–Crippen MR) is 79.4 cm³/mol. The molecule has 0 radical (unpaired) electrons. The van der Waals surface area contributed by atoms with Gasteiger partial charge in [-0.25, -0.2) is 4.79 Å². The lowest BCUT2D eigenvalue weighted by molar-refractivity contribution is 0.0697. The molecule has 2 heterocycles. The third-order valence-corrected chi connectivity index (χ3v) is 4.63. The summed E-state index contributed by atoms with van der Waals surface area (Å²) in [6.07, 6.45) is 3.95. The zero-order chi connectivity index (χ0) is 14.1. The normalized spacial score (nSPS) is 27.1. The summed E-state index contributed by atoms with van der Waals surface area (Å²) in [6, 6.07) is 8.45. The maximum absolute atomic E-state index is 10.9. The van der Waals surface area contributed by atoms with E-state index in [4.69, 9.17) is 5.11 Å². The van der Waals surface area contributed by atoms with Crippen molar-refractivity contribution in [2.75, 3.05) is 24.5 Å². The fraction of sp³-hybridized carbons (Fsp3) is 0.562. The molecule has 2 aliphatic rings. The van der Waals surface area contributed by atoms with Crippen molar-refractivity contribution in [1.29, 1.82) is 0 Å². The molecule has 0 aliphatic carbocycles. The van der Waals surface area contributed by atoms with E-state index in [-0.39, 0.29) is 0 Å². The van der Waals surface area contributed by atoms with Crippen LogP contribution in [0.25, 0.3) is 0 Å². The second-order valence-corrected chi connectivity index (χ2v) is 6.00. The average Bonchev–Trinajstić information content (AvgIpc) is 2.46. The minimum absolute atomic E-state index is 0.359. The molecule has 0 bridgehead atoms. The van der Waals surface area contributed by atoms with Gasteiger partial charge in [-0.1, -0.05) is 6.42 Å². The second-order valence-electron chi connectivity index (χ2n) is 6.00. The highest BCUT2D eigenvalue weighted by molar-refractivity contribution is 5.88. The van der Waals surface area contributed by atoms with Gasteiger partial charge in [0.1, 0.15) is 0 Å². The Morgan fingerprint density at radius 3 is 2.65 bits per heavy atom. The molecule has 0 saturated carbocycles. The first-order valence-corrected chi connectivity index (χ1v) is 7.49. The van der Waals surface area contributed by atoms with Crippen molar-refractivity contribution in [1.82, 2.24) is 4.90 Å². The highest BCUT2D eigenvalue weighted by Gasteiger charge is 2.32. The lowest BCUT2D eigenvalue weighted by Crippen LogP contribution is -2.58. The molecule has 2 saturated heterocycles. The number of hydrogen-bond acceptors (Lipinski definition) is 3. The van der Waals surface area contributed by atoms with Crippen molar-refractivity contribution in [3.05, 3.63) is 29.8 Å². The third-order valence-electron chi connectivity index (χ3n) is 4.63. The summed E-state index contributed by atoms with van der Waals surface area (Å²) in [4.78, 5) is 16.0. The number of piperidine rings is 1. The van der Waals surface area contributed by atoms with Gasteiger partial charge in [0.15, 0.2) is 0 Å². The Hall–Kier alpha value is -1.55. The van der Waals surface area contributed by atoms with Crippen molar-refractivity contribution in [2.45, 2.75) is 38.3 Å².